The van der Waals surface area contributed by atoms with Crippen LogP contribution in [0.15, 0.2) is 36.5 Å². The van der Waals surface area contributed by atoms with Gasteiger partial charge in [0.1, 0.15) is 12.4 Å². The van der Waals surface area contributed by atoms with Crippen LogP contribution in [0.25, 0.3) is 5.69 Å². The first-order chi connectivity index (χ1) is 14.6. The fourth-order valence-electron chi connectivity index (χ4n) is 4.57. The second-order valence-electron chi connectivity index (χ2n) is 7.78. The molecule has 0 amide bonds. The highest BCUT2D eigenvalue weighted by Gasteiger charge is 2.62. The van der Waals surface area contributed by atoms with Crippen molar-refractivity contribution < 1.29 is 13.9 Å². The molecule has 1 saturated heterocycles. The summed E-state index contributed by atoms with van der Waals surface area (Å²) in [6.07, 6.45) is 2.72. The van der Waals surface area contributed by atoms with E-state index in [9.17, 15) is 4.39 Å². The Labute approximate surface area is 178 Å². The third-order valence-electron chi connectivity index (χ3n) is 6.09. The molecule has 5 rings (SSSR count). The van der Waals surface area contributed by atoms with Gasteiger partial charge >= 0.3 is 0 Å². The van der Waals surface area contributed by atoms with E-state index in [0.717, 1.165) is 24.2 Å². The predicted molar refractivity (Wildman–Crippen MR) is 110 cm³/mol. The molecule has 0 bridgehead atoms. The SMILES string of the molecule is COCc1nnc(N2C[C@@H]3C[C@]3(c3cccc(F)c3Cl)C2)n1-c1ccc(OC)nc1. The van der Waals surface area contributed by atoms with Crippen LogP contribution in [0.1, 0.15) is 17.8 Å². The summed E-state index contributed by atoms with van der Waals surface area (Å²) < 4.78 is 26.5. The first-order valence-electron chi connectivity index (χ1n) is 9.70. The zero-order valence-corrected chi connectivity index (χ0v) is 17.4. The number of hydrogen-bond acceptors (Lipinski definition) is 6. The summed E-state index contributed by atoms with van der Waals surface area (Å²) in [5, 5.41) is 9.01. The Kier molecular flexibility index (Phi) is 4.63. The highest BCUT2D eigenvalue weighted by Crippen LogP contribution is 2.61. The largest absolute Gasteiger partial charge is 0.481 e. The topological polar surface area (TPSA) is 65.3 Å². The van der Waals surface area contributed by atoms with Crippen molar-refractivity contribution >= 4 is 17.5 Å². The van der Waals surface area contributed by atoms with Gasteiger partial charge in [-0.25, -0.2) is 9.37 Å². The summed E-state index contributed by atoms with van der Waals surface area (Å²) in [5.41, 5.74) is 1.56. The number of hydrogen-bond donors (Lipinski definition) is 0. The van der Waals surface area contributed by atoms with Gasteiger partial charge < -0.3 is 14.4 Å². The Morgan fingerprint density at radius 3 is 2.83 bits per heavy atom. The Bertz CT molecular complexity index is 1090. The van der Waals surface area contributed by atoms with Crippen molar-refractivity contribution in [2.24, 2.45) is 5.92 Å². The molecule has 0 unspecified atom stereocenters. The summed E-state index contributed by atoms with van der Waals surface area (Å²) >= 11 is 6.32. The van der Waals surface area contributed by atoms with Crippen molar-refractivity contribution in [3.63, 3.8) is 0 Å². The summed E-state index contributed by atoms with van der Waals surface area (Å²) in [7, 11) is 3.20. The molecular formula is C21H21ClFN5O2. The van der Waals surface area contributed by atoms with Crippen molar-refractivity contribution in [1.82, 2.24) is 19.7 Å². The smallest absolute Gasteiger partial charge is 0.232 e. The van der Waals surface area contributed by atoms with E-state index in [4.69, 9.17) is 21.1 Å². The fourth-order valence-corrected chi connectivity index (χ4v) is 4.88. The Hall–Kier alpha value is -2.71. The standard InChI is InChI=1S/C21H21ClFN5O2/c1-29-11-17-25-26-20(28(17)14-6-7-18(30-2)24-9-14)27-10-13-8-21(13,12-27)15-4-3-5-16(23)19(15)22/h3-7,9,13H,8,10-12H2,1-2H3/t13-,21-/m0/s1. The van der Waals surface area contributed by atoms with Gasteiger partial charge in [0, 0.05) is 31.7 Å². The molecule has 1 aromatic carbocycles. The molecule has 0 radical (unpaired) electrons. The number of fused-ring (bicyclic) bond motifs is 1. The Balaban J connectivity index is 1.50. The minimum atomic E-state index is -0.373. The molecule has 7 nitrogen and oxygen atoms in total. The lowest BCUT2D eigenvalue weighted by Gasteiger charge is -2.23. The second-order valence-corrected chi connectivity index (χ2v) is 8.16. The normalized spacial score (nSPS) is 22.3. The van der Waals surface area contributed by atoms with Crippen LogP contribution in [0.5, 0.6) is 5.88 Å². The molecule has 156 valence electrons. The quantitative estimate of drug-likeness (QED) is 0.598. The first-order valence-corrected chi connectivity index (χ1v) is 10.1. The van der Waals surface area contributed by atoms with Crippen molar-refractivity contribution in [3.8, 4) is 11.6 Å². The third-order valence-corrected chi connectivity index (χ3v) is 6.48. The lowest BCUT2D eigenvalue weighted by atomic mass is 9.95. The van der Waals surface area contributed by atoms with Crippen LogP contribution in [0.2, 0.25) is 5.02 Å². The lowest BCUT2D eigenvalue weighted by molar-refractivity contribution is 0.176. The van der Waals surface area contributed by atoms with Crippen LogP contribution in [0, 0.1) is 11.7 Å². The van der Waals surface area contributed by atoms with E-state index in [2.05, 4.69) is 20.1 Å². The van der Waals surface area contributed by atoms with Crippen LogP contribution in [0.4, 0.5) is 10.3 Å². The highest BCUT2D eigenvalue weighted by atomic mass is 35.5. The number of halogens is 2. The predicted octanol–water partition coefficient (Wildman–Crippen LogP) is 3.39. The molecule has 0 N–H and O–H groups in total. The molecule has 3 aromatic rings. The molecule has 2 aromatic heterocycles. The molecule has 2 atom stereocenters. The minimum Gasteiger partial charge on any atom is -0.481 e. The van der Waals surface area contributed by atoms with Gasteiger partial charge in [0.2, 0.25) is 11.8 Å². The van der Waals surface area contributed by atoms with Crippen molar-refractivity contribution in [1.29, 1.82) is 0 Å². The van der Waals surface area contributed by atoms with Gasteiger partial charge in [0.15, 0.2) is 5.82 Å². The van der Waals surface area contributed by atoms with Crippen molar-refractivity contribution in [2.75, 3.05) is 32.2 Å². The van der Waals surface area contributed by atoms with E-state index >= 15 is 0 Å². The van der Waals surface area contributed by atoms with Crippen LogP contribution < -0.4 is 9.64 Å². The molecule has 1 saturated carbocycles. The van der Waals surface area contributed by atoms with Gasteiger partial charge in [-0.05, 0) is 30.0 Å². The number of rotatable bonds is 6. The van der Waals surface area contributed by atoms with Crippen LogP contribution in [-0.4, -0.2) is 47.1 Å². The monoisotopic (exact) mass is 429 g/mol. The first kappa shape index (κ1) is 19.3. The lowest BCUT2D eigenvalue weighted by Crippen LogP contribution is -2.29. The van der Waals surface area contributed by atoms with Gasteiger partial charge in [-0.15, -0.1) is 10.2 Å². The maximum absolute atomic E-state index is 14.1. The van der Waals surface area contributed by atoms with E-state index in [1.165, 1.54) is 6.07 Å². The molecule has 2 aliphatic rings. The number of anilines is 1. The van der Waals surface area contributed by atoms with E-state index in [1.54, 1.807) is 32.5 Å². The molecule has 30 heavy (non-hydrogen) atoms. The van der Waals surface area contributed by atoms with Crippen molar-refractivity contribution in [3.05, 3.63) is 58.8 Å². The minimum absolute atomic E-state index is 0.143. The second kappa shape index (κ2) is 7.21. The number of aromatic nitrogens is 4. The third kappa shape index (κ3) is 2.94. The number of benzene rings is 1. The van der Waals surface area contributed by atoms with Gasteiger partial charge in [-0.2, -0.15) is 0 Å². The Morgan fingerprint density at radius 2 is 2.10 bits per heavy atom. The summed E-state index contributed by atoms with van der Waals surface area (Å²) in [4.78, 5) is 6.50. The number of methoxy groups -OCH3 is 2. The molecule has 3 heterocycles. The van der Waals surface area contributed by atoms with Gasteiger partial charge in [0.25, 0.3) is 0 Å². The molecular weight excluding hydrogens is 409 g/mol. The van der Waals surface area contributed by atoms with Gasteiger partial charge in [-0.1, -0.05) is 23.7 Å². The maximum Gasteiger partial charge on any atom is 0.232 e. The molecule has 2 fully saturated rings. The van der Waals surface area contributed by atoms with Crippen LogP contribution in [-0.2, 0) is 16.8 Å². The Morgan fingerprint density at radius 1 is 1.23 bits per heavy atom. The summed E-state index contributed by atoms with van der Waals surface area (Å²) in [5.74, 6) is 1.96. The van der Waals surface area contributed by atoms with Gasteiger partial charge in [0.05, 0.1) is 24.0 Å². The number of pyridine rings is 1. The maximum atomic E-state index is 14.1. The van der Waals surface area contributed by atoms with E-state index in [1.807, 2.05) is 16.7 Å². The molecule has 1 aliphatic carbocycles. The summed E-state index contributed by atoms with van der Waals surface area (Å²) in [6.45, 7) is 1.83. The number of nitrogens with zero attached hydrogens (tertiary/aromatic N) is 5. The highest BCUT2D eigenvalue weighted by molar-refractivity contribution is 6.31. The fraction of sp³-hybridized carbons (Fsp3) is 0.381. The zero-order valence-electron chi connectivity index (χ0n) is 16.7. The van der Waals surface area contributed by atoms with Gasteiger partial charge in [-0.3, -0.25) is 4.57 Å². The average molecular weight is 430 g/mol. The van der Waals surface area contributed by atoms with Crippen molar-refractivity contribution in [2.45, 2.75) is 18.4 Å². The zero-order chi connectivity index (χ0) is 20.9. The van der Waals surface area contributed by atoms with Crippen LogP contribution >= 0.6 is 11.6 Å². The van der Waals surface area contributed by atoms with Crippen LogP contribution in [0.3, 0.4) is 0 Å². The van der Waals surface area contributed by atoms with E-state index < -0.39 is 0 Å². The number of ether oxygens (including phenoxy) is 2. The average Bonchev–Trinajstić information content (AvgIpc) is 3.10. The van der Waals surface area contributed by atoms with E-state index in [0.29, 0.717) is 36.7 Å². The molecule has 0 spiro atoms. The van der Waals surface area contributed by atoms with E-state index in [-0.39, 0.29) is 16.3 Å². The molecule has 9 heteroatoms. The summed E-state index contributed by atoms with van der Waals surface area (Å²) in [6, 6.07) is 8.77. The number of piperidine rings is 1. The molecule has 1 aliphatic heterocycles.